The molecule has 0 aliphatic carbocycles. The zero-order valence-corrected chi connectivity index (χ0v) is 60.0. The summed E-state index contributed by atoms with van der Waals surface area (Å²) in [6.07, 6.45) is 62.3. The molecule has 0 spiro atoms. The van der Waals surface area contributed by atoms with Crippen molar-refractivity contribution in [3.8, 4) is 0 Å². The molecule has 5 atom stereocenters. The molecule has 536 valence electrons. The molecule has 0 radical (unpaired) electrons. The molecule has 92 heavy (non-hydrogen) atoms. The van der Waals surface area contributed by atoms with E-state index in [0.29, 0.717) is 25.7 Å². The van der Waals surface area contributed by atoms with Crippen molar-refractivity contribution in [2.45, 2.75) is 341 Å². The van der Waals surface area contributed by atoms with Gasteiger partial charge in [0.15, 0.2) is 12.2 Å². The van der Waals surface area contributed by atoms with Gasteiger partial charge < -0.3 is 33.8 Å². The molecular weight excluding hydrogens is 1210 g/mol. The van der Waals surface area contributed by atoms with Crippen LogP contribution in [0.1, 0.15) is 323 Å². The number of allylic oxidation sites excluding steroid dienone is 10. The minimum atomic E-state index is -4.97. The fourth-order valence-electron chi connectivity index (χ4n) is 9.76. The van der Waals surface area contributed by atoms with Crippen LogP contribution in [-0.4, -0.2) is 96.7 Å². The van der Waals surface area contributed by atoms with Gasteiger partial charge in [-0.05, 0) is 122 Å². The van der Waals surface area contributed by atoms with Gasteiger partial charge in [0.05, 0.1) is 26.4 Å². The summed E-state index contributed by atoms with van der Waals surface area (Å²) < 4.78 is 68.2. The molecule has 0 rings (SSSR count). The highest BCUT2D eigenvalue weighted by Crippen LogP contribution is 2.45. The van der Waals surface area contributed by atoms with Crippen LogP contribution in [0.25, 0.3) is 0 Å². The first-order chi connectivity index (χ1) is 44.7. The Labute approximate surface area is 559 Å². The summed E-state index contributed by atoms with van der Waals surface area (Å²) in [6, 6.07) is 0. The second-order valence-corrected chi connectivity index (χ2v) is 27.4. The maximum absolute atomic E-state index is 13.0. The topological polar surface area (TPSA) is 237 Å². The van der Waals surface area contributed by atoms with Crippen molar-refractivity contribution in [3.05, 3.63) is 60.8 Å². The Morgan fingerprint density at radius 2 is 0.565 bits per heavy atom. The Morgan fingerprint density at radius 3 is 0.902 bits per heavy atom. The van der Waals surface area contributed by atoms with Gasteiger partial charge >= 0.3 is 39.5 Å². The van der Waals surface area contributed by atoms with Gasteiger partial charge in [0.25, 0.3) is 0 Å². The van der Waals surface area contributed by atoms with E-state index in [-0.39, 0.29) is 25.7 Å². The summed E-state index contributed by atoms with van der Waals surface area (Å²) in [4.78, 5) is 72.6. The van der Waals surface area contributed by atoms with Crippen LogP contribution in [-0.2, 0) is 65.4 Å². The number of ether oxygens (including phenoxy) is 4. The smallest absolute Gasteiger partial charge is 0.462 e. The van der Waals surface area contributed by atoms with Crippen LogP contribution in [0.2, 0.25) is 0 Å². The van der Waals surface area contributed by atoms with Crippen molar-refractivity contribution < 1.29 is 80.2 Å². The predicted octanol–water partition coefficient (Wildman–Crippen LogP) is 20.3. The van der Waals surface area contributed by atoms with Crippen LogP contribution in [0.3, 0.4) is 0 Å². The lowest BCUT2D eigenvalue weighted by atomic mass is 10.1. The molecule has 19 heteroatoms. The number of aliphatic hydroxyl groups excluding tert-OH is 1. The summed E-state index contributed by atoms with van der Waals surface area (Å²) in [7, 11) is -9.93. The molecule has 0 saturated carbocycles. The maximum Gasteiger partial charge on any atom is 0.472 e. The quantitative estimate of drug-likeness (QED) is 0.0169. The zero-order valence-electron chi connectivity index (χ0n) is 58.2. The molecule has 0 fully saturated rings. The van der Waals surface area contributed by atoms with E-state index in [1.165, 1.54) is 77.0 Å². The first-order valence-electron chi connectivity index (χ1n) is 36.5. The van der Waals surface area contributed by atoms with Crippen molar-refractivity contribution in [1.29, 1.82) is 0 Å². The van der Waals surface area contributed by atoms with Crippen LogP contribution in [0.15, 0.2) is 60.8 Å². The fourth-order valence-corrected chi connectivity index (χ4v) is 11.3. The Morgan fingerprint density at radius 1 is 0.304 bits per heavy atom. The first-order valence-corrected chi connectivity index (χ1v) is 39.5. The molecule has 0 aliphatic heterocycles. The molecule has 0 heterocycles. The van der Waals surface area contributed by atoms with Crippen LogP contribution in [0.5, 0.6) is 0 Å². The minimum absolute atomic E-state index is 0.0840. The number of phosphoric acid groups is 2. The number of phosphoric ester groups is 2. The van der Waals surface area contributed by atoms with Crippen molar-refractivity contribution in [3.63, 3.8) is 0 Å². The third-order valence-electron chi connectivity index (χ3n) is 15.4. The second kappa shape index (κ2) is 66.4. The van der Waals surface area contributed by atoms with Gasteiger partial charge in [0.2, 0.25) is 0 Å². The van der Waals surface area contributed by atoms with E-state index in [2.05, 4.69) is 88.5 Å². The largest absolute Gasteiger partial charge is 0.472 e. The molecule has 3 N–H and O–H groups in total. The number of carbonyl (C=O) groups excluding carboxylic acids is 4. The average Bonchev–Trinajstić information content (AvgIpc) is 2.25. The van der Waals surface area contributed by atoms with E-state index in [1.54, 1.807) is 0 Å². The molecule has 0 aromatic rings. The average molecular weight is 1340 g/mol. The Balaban J connectivity index is 5.31. The fraction of sp³-hybridized carbons (Fsp3) is 0.808. The molecule has 0 amide bonds. The summed E-state index contributed by atoms with van der Waals surface area (Å²) in [5, 5.41) is 10.6. The Kier molecular flexibility index (Phi) is 64.0. The van der Waals surface area contributed by atoms with Gasteiger partial charge in [-0.25, -0.2) is 9.13 Å². The zero-order chi connectivity index (χ0) is 67.5. The number of unbranched alkanes of at least 4 members (excludes halogenated alkanes) is 33. The van der Waals surface area contributed by atoms with E-state index in [4.69, 9.17) is 37.0 Å². The maximum atomic E-state index is 13.0. The highest BCUT2D eigenvalue weighted by molar-refractivity contribution is 7.47. The predicted molar refractivity (Wildman–Crippen MR) is 372 cm³/mol. The lowest BCUT2D eigenvalue weighted by Gasteiger charge is -2.21. The molecular formula is C73H132O17P2. The van der Waals surface area contributed by atoms with Crippen LogP contribution >= 0.6 is 15.6 Å². The number of rotatable bonds is 69. The summed E-state index contributed by atoms with van der Waals surface area (Å²) in [6.45, 7) is 4.73. The molecule has 0 aromatic heterocycles. The molecule has 0 saturated heterocycles. The van der Waals surface area contributed by atoms with Gasteiger partial charge in [-0.15, -0.1) is 0 Å². The van der Waals surface area contributed by atoms with Crippen molar-refractivity contribution in [2.75, 3.05) is 39.6 Å². The lowest BCUT2D eigenvalue weighted by Crippen LogP contribution is -2.30. The second-order valence-electron chi connectivity index (χ2n) is 24.5. The molecule has 0 bridgehead atoms. The summed E-state index contributed by atoms with van der Waals surface area (Å²) in [5.74, 6) is -2.20. The number of hydrogen-bond acceptors (Lipinski definition) is 15. The van der Waals surface area contributed by atoms with E-state index in [1.807, 2.05) is 0 Å². The van der Waals surface area contributed by atoms with Gasteiger partial charge in [-0.2, -0.15) is 0 Å². The number of aliphatic hydroxyl groups is 1. The standard InChI is InChI=1S/C73H132O17P2/c1-5-9-13-17-21-25-29-32-33-36-39-42-46-50-54-58-71(76)84-64-69(90-73(78)60-56-52-48-44-40-35-31-27-23-19-15-11-7-3)66-88-92(81,82)86-62-67(74)61-85-91(79,80)87-65-68(89-72(77)59-55-51-47-43-37-28-24-20-16-12-8-4)63-83-70(75)57-53-49-45-41-38-34-30-26-22-18-14-10-6-2/h14,18,20,24,26-27,30-33,67-69,74H,5-13,15-17,19,21-23,25,28-29,34-66H2,1-4H3,(H,79,80)(H,81,82)/b18-14-,24-20-,30-26-,31-27-,33-32-. The summed E-state index contributed by atoms with van der Waals surface area (Å²) in [5.41, 5.74) is 0. The highest BCUT2D eigenvalue weighted by Gasteiger charge is 2.30. The highest BCUT2D eigenvalue weighted by atomic mass is 31.2. The van der Waals surface area contributed by atoms with E-state index in [9.17, 15) is 43.2 Å². The third-order valence-corrected chi connectivity index (χ3v) is 17.3. The van der Waals surface area contributed by atoms with Crippen molar-refractivity contribution in [2.24, 2.45) is 0 Å². The third kappa shape index (κ3) is 65.4. The van der Waals surface area contributed by atoms with Gasteiger partial charge in [0, 0.05) is 25.7 Å². The van der Waals surface area contributed by atoms with Crippen LogP contribution in [0, 0.1) is 0 Å². The van der Waals surface area contributed by atoms with Gasteiger partial charge in [0.1, 0.15) is 19.3 Å². The normalized spacial score (nSPS) is 14.4. The van der Waals surface area contributed by atoms with Crippen LogP contribution < -0.4 is 0 Å². The van der Waals surface area contributed by atoms with Crippen LogP contribution in [0.4, 0.5) is 0 Å². The monoisotopic (exact) mass is 1340 g/mol. The molecule has 5 unspecified atom stereocenters. The van der Waals surface area contributed by atoms with E-state index in [0.717, 1.165) is 167 Å². The Bertz CT molecular complexity index is 1990. The number of hydrogen-bond donors (Lipinski definition) is 3. The molecule has 0 aromatic carbocycles. The number of esters is 4. The van der Waals surface area contributed by atoms with Gasteiger partial charge in [-0.1, -0.05) is 236 Å². The van der Waals surface area contributed by atoms with Crippen molar-refractivity contribution >= 4 is 39.5 Å². The SMILES string of the molecule is CCC/C=C\C/C=C\CCCCCCCC(=O)OCC(COP(=O)(O)OCC(O)COP(=O)(O)OCC(COC(=O)CCCCCCC/C=C\CCCCCCCC)OC(=O)CCCCCCC/C=C\CCCCCC)OC(=O)CCCCCCC/C=C\CCCC. The molecule has 0 aliphatic rings. The summed E-state index contributed by atoms with van der Waals surface area (Å²) >= 11 is 0. The lowest BCUT2D eigenvalue weighted by molar-refractivity contribution is -0.161. The Hall–Kier alpha value is -3.24. The van der Waals surface area contributed by atoms with E-state index >= 15 is 0 Å². The van der Waals surface area contributed by atoms with Crippen molar-refractivity contribution in [1.82, 2.24) is 0 Å². The van der Waals surface area contributed by atoms with E-state index < -0.39 is 97.5 Å². The molecule has 17 nitrogen and oxygen atoms in total. The van der Waals surface area contributed by atoms with Gasteiger partial charge in [-0.3, -0.25) is 37.3 Å². The first kappa shape index (κ1) is 88.8. The number of carbonyl (C=O) groups is 4. The minimum Gasteiger partial charge on any atom is -0.462 e.